The highest BCUT2D eigenvalue weighted by Crippen LogP contribution is 2.18. The number of nitrogens with one attached hydrogen (secondary N) is 1. The molecule has 1 aromatic rings. The van der Waals surface area contributed by atoms with E-state index in [1.165, 1.54) is 12.1 Å². The third-order valence-electron chi connectivity index (χ3n) is 2.68. The van der Waals surface area contributed by atoms with Gasteiger partial charge in [-0.3, -0.25) is 4.79 Å². The van der Waals surface area contributed by atoms with Crippen LogP contribution in [0.25, 0.3) is 0 Å². The standard InChI is InChI=1S/C14H21NO3S/c1-10(2)9-14(16)15-12-5-7-13(8-6-12)19(17,18)11(3)4/h5-8,10-11H,9H2,1-4H3,(H,15,16). The molecule has 1 aromatic carbocycles. The smallest absolute Gasteiger partial charge is 0.224 e. The predicted molar refractivity (Wildman–Crippen MR) is 76.8 cm³/mol. The summed E-state index contributed by atoms with van der Waals surface area (Å²) in [6.45, 7) is 7.23. The van der Waals surface area contributed by atoms with Crippen molar-refractivity contribution in [2.75, 3.05) is 5.32 Å². The zero-order chi connectivity index (χ0) is 14.6. The van der Waals surface area contributed by atoms with Crippen LogP contribution in [-0.2, 0) is 14.6 Å². The molecule has 0 atom stereocenters. The lowest BCUT2D eigenvalue weighted by Crippen LogP contribution is -2.15. The number of benzene rings is 1. The maximum absolute atomic E-state index is 11.9. The molecule has 1 rings (SSSR count). The number of anilines is 1. The molecule has 0 saturated heterocycles. The molecule has 0 fully saturated rings. The lowest BCUT2D eigenvalue weighted by molar-refractivity contribution is -0.116. The molecule has 0 spiro atoms. The zero-order valence-electron chi connectivity index (χ0n) is 11.8. The molecule has 0 unspecified atom stereocenters. The van der Waals surface area contributed by atoms with E-state index in [9.17, 15) is 13.2 Å². The molecule has 0 heterocycles. The van der Waals surface area contributed by atoms with Crippen molar-refractivity contribution in [2.24, 2.45) is 5.92 Å². The van der Waals surface area contributed by atoms with Crippen LogP contribution in [0.3, 0.4) is 0 Å². The van der Waals surface area contributed by atoms with Crippen molar-refractivity contribution in [3.63, 3.8) is 0 Å². The first-order chi connectivity index (χ1) is 8.73. The van der Waals surface area contributed by atoms with Gasteiger partial charge in [0.1, 0.15) is 0 Å². The van der Waals surface area contributed by atoms with Crippen LogP contribution in [0.4, 0.5) is 5.69 Å². The highest BCUT2D eigenvalue weighted by Gasteiger charge is 2.18. The molecule has 0 aromatic heterocycles. The third kappa shape index (κ3) is 4.35. The average molecular weight is 283 g/mol. The monoisotopic (exact) mass is 283 g/mol. The number of hydrogen-bond acceptors (Lipinski definition) is 3. The Kier molecular flexibility index (Phi) is 5.11. The summed E-state index contributed by atoms with van der Waals surface area (Å²) in [6, 6.07) is 6.29. The Morgan fingerprint density at radius 2 is 1.63 bits per heavy atom. The molecule has 106 valence electrons. The molecule has 4 nitrogen and oxygen atoms in total. The molecule has 0 bridgehead atoms. The lowest BCUT2D eigenvalue weighted by Gasteiger charge is -2.10. The van der Waals surface area contributed by atoms with Crippen molar-refractivity contribution in [1.82, 2.24) is 0 Å². The van der Waals surface area contributed by atoms with Gasteiger partial charge in [-0.1, -0.05) is 13.8 Å². The van der Waals surface area contributed by atoms with Gasteiger partial charge in [-0.25, -0.2) is 8.42 Å². The maximum Gasteiger partial charge on any atom is 0.224 e. The lowest BCUT2D eigenvalue weighted by atomic mass is 10.1. The molecule has 19 heavy (non-hydrogen) atoms. The normalized spacial score (nSPS) is 11.9. The van der Waals surface area contributed by atoms with E-state index in [0.717, 1.165) is 0 Å². The van der Waals surface area contributed by atoms with Gasteiger partial charge in [0, 0.05) is 12.1 Å². The van der Waals surface area contributed by atoms with E-state index in [1.54, 1.807) is 26.0 Å². The van der Waals surface area contributed by atoms with Gasteiger partial charge >= 0.3 is 0 Å². The largest absolute Gasteiger partial charge is 0.326 e. The second kappa shape index (κ2) is 6.19. The Hall–Kier alpha value is -1.36. The van der Waals surface area contributed by atoms with Gasteiger partial charge < -0.3 is 5.32 Å². The number of sulfone groups is 1. The van der Waals surface area contributed by atoms with E-state index in [1.807, 2.05) is 13.8 Å². The minimum Gasteiger partial charge on any atom is -0.326 e. The summed E-state index contributed by atoms with van der Waals surface area (Å²) < 4.78 is 23.8. The number of carbonyl (C=O) groups is 1. The van der Waals surface area contributed by atoms with Crippen LogP contribution in [0, 0.1) is 5.92 Å². The van der Waals surface area contributed by atoms with E-state index < -0.39 is 15.1 Å². The highest BCUT2D eigenvalue weighted by atomic mass is 32.2. The van der Waals surface area contributed by atoms with Crippen LogP contribution in [-0.4, -0.2) is 19.6 Å². The van der Waals surface area contributed by atoms with Crippen molar-refractivity contribution >= 4 is 21.4 Å². The van der Waals surface area contributed by atoms with Crippen LogP contribution in [0.15, 0.2) is 29.2 Å². The fraction of sp³-hybridized carbons (Fsp3) is 0.500. The van der Waals surface area contributed by atoms with Crippen LogP contribution in [0.5, 0.6) is 0 Å². The third-order valence-corrected chi connectivity index (χ3v) is 4.85. The first-order valence-electron chi connectivity index (χ1n) is 6.37. The van der Waals surface area contributed by atoms with Crippen LogP contribution < -0.4 is 5.32 Å². The molecule has 0 saturated carbocycles. The van der Waals surface area contributed by atoms with Gasteiger partial charge in [-0.15, -0.1) is 0 Å². The van der Waals surface area contributed by atoms with Crippen molar-refractivity contribution in [1.29, 1.82) is 0 Å². The molecule has 1 N–H and O–H groups in total. The van der Waals surface area contributed by atoms with Gasteiger partial charge in [0.05, 0.1) is 10.1 Å². The van der Waals surface area contributed by atoms with E-state index in [0.29, 0.717) is 18.0 Å². The number of amides is 1. The fourth-order valence-corrected chi connectivity index (χ4v) is 2.64. The molecule has 1 amide bonds. The maximum atomic E-state index is 11.9. The Balaban J connectivity index is 2.81. The topological polar surface area (TPSA) is 63.2 Å². The molecular formula is C14H21NO3S. The van der Waals surface area contributed by atoms with Crippen LogP contribution in [0.1, 0.15) is 34.1 Å². The summed E-state index contributed by atoms with van der Waals surface area (Å²) >= 11 is 0. The summed E-state index contributed by atoms with van der Waals surface area (Å²) in [5.74, 6) is 0.232. The summed E-state index contributed by atoms with van der Waals surface area (Å²) in [6.07, 6.45) is 0.450. The summed E-state index contributed by atoms with van der Waals surface area (Å²) in [7, 11) is -3.25. The number of rotatable bonds is 5. The predicted octanol–water partition coefficient (Wildman–Crippen LogP) is 2.85. The molecular weight excluding hydrogens is 262 g/mol. The molecule has 0 aliphatic heterocycles. The summed E-state index contributed by atoms with van der Waals surface area (Å²) in [4.78, 5) is 11.9. The Labute approximate surface area is 115 Å². The van der Waals surface area contributed by atoms with E-state index >= 15 is 0 Å². The first-order valence-corrected chi connectivity index (χ1v) is 7.92. The van der Waals surface area contributed by atoms with E-state index in [-0.39, 0.29) is 10.8 Å². The van der Waals surface area contributed by atoms with Crippen molar-refractivity contribution in [2.45, 2.75) is 44.3 Å². The number of carbonyl (C=O) groups excluding carboxylic acids is 1. The Morgan fingerprint density at radius 3 is 2.05 bits per heavy atom. The quantitative estimate of drug-likeness (QED) is 0.903. The van der Waals surface area contributed by atoms with Gasteiger partial charge in [-0.2, -0.15) is 0 Å². The van der Waals surface area contributed by atoms with Gasteiger partial charge in [-0.05, 0) is 44.0 Å². The Bertz CT molecular complexity index is 530. The highest BCUT2D eigenvalue weighted by molar-refractivity contribution is 7.92. The minimum absolute atomic E-state index is 0.0607. The molecule has 0 aliphatic carbocycles. The second-order valence-electron chi connectivity index (χ2n) is 5.26. The molecule has 0 aliphatic rings. The Morgan fingerprint density at radius 1 is 1.11 bits per heavy atom. The van der Waals surface area contributed by atoms with E-state index in [2.05, 4.69) is 5.32 Å². The average Bonchev–Trinajstić information content (AvgIpc) is 2.28. The summed E-state index contributed by atoms with van der Waals surface area (Å²) in [5.41, 5.74) is 0.619. The zero-order valence-corrected chi connectivity index (χ0v) is 12.6. The van der Waals surface area contributed by atoms with E-state index in [4.69, 9.17) is 0 Å². The molecule has 0 radical (unpaired) electrons. The minimum atomic E-state index is -3.25. The van der Waals surface area contributed by atoms with Gasteiger partial charge in [0.15, 0.2) is 9.84 Å². The van der Waals surface area contributed by atoms with Crippen molar-refractivity contribution < 1.29 is 13.2 Å². The van der Waals surface area contributed by atoms with Crippen molar-refractivity contribution in [3.05, 3.63) is 24.3 Å². The SMILES string of the molecule is CC(C)CC(=O)Nc1ccc(S(=O)(=O)C(C)C)cc1. The van der Waals surface area contributed by atoms with Gasteiger partial charge in [0.2, 0.25) is 5.91 Å². The van der Waals surface area contributed by atoms with Crippen LogP contribution >= 0.6 is 0 Å². The summed E-state index contributed by atoms with van der Waals surface area (Å²) in [5, 5.41) is 2.30. The first kappa shape index (κ1) is 15.7. The van der Waals surface area contributed by atoms with Gasteiger partial charge in [0.25, 0.3) is 0 Å². The number of hydrogen-bond donors (Lipinski definition) is 1. The van der Waals surface area contributed by atoms with Crippen LogP contribution in [0.2, 0.25) is 0 Å². The fourth-order valence-electron chi connectivity index (χ4n) is 1.58. The van der Waals surface area contributed by atoms with Crippen molar-refractivity contribution in [3.8, 4) is 0 Å². The second-order valence-corrected chi connectivity index (χ2v) is 7.77. The molecule has 5 heteroatoms.